The first-order valence-corrected chi connectivity index (χ1v) is 15.1. The average Bonchev–Trinajstić information content (AvgIpc) is 3.06. The van der Waals surface area contributed by atoms with Crippen molar-refractivity contribution < 1.29 is 63.9 Å². The van der Waals surface area contributed by atoms with Gasteiger partial charge in [0.25, 0.3) is 0 Å². The van der Waals surface area contributed by atoms with E-state index in [0.717, 1.165) is 0 Å². The molecule has 3 atom stereocenters. The monoisotopic (exact) mass is 660 g/mol. The smallest absolute Gasteiger partial charge is 0.338 e. The van der Waals surface area contributed by atoms with Gasteiger partial charge in [-0.15, -0.1) is 0 Å². The molecule has 0 radical (unpaired) electrons. The zero-order valence-electron chi connectivity index (χ0n) is 26.3. The van der Waals surface area contributed by atoms with E-state index in [1.807, 2.05) is 6.92 Å². The number of phenolic OH excluding ortho intramolecular Hbond substituents is 3. The zero-order valence-corrected chi connectivity index (χ0v) is 26.3. The number of hydrogen-bond donors (Lipinski definition) is 6. The number of aromatic hydroxyl groups is 3. The first-order chi connectivity index (χ1) is 22.6. The Bertz CT molecular complexity index is 1240. The van der Waals surface area contributed by atoms with E-state index in [4.69, 9.17) is 28.4 Å². The van der Waals surface area contributed by atoms with E-state index in [1.54, 1.807) is 24.3 Å². The Morgan fingerprint density at radius 2 is 0.936 bits per heavy atom. The number of aliphatic hydroxyl groups is 3. The predicted octanol–water partition coefficient (Wildman–Crippen LogP) is 2.65. The molecule has 0 saturated carbocycles. The van der Waals surface area contributed by atoms with Crippen molar-refractivity contribution in [3.8, 4) is 28.7 Å². The van der Waals surface area contributed by atoms with Crippen LogP contribution < -0.4 is 9.47 Å². The maximum Gasteiger partial charge on any atom is 0.338 e. The molecule has 6 N–H and O–H groups in total. The molecular weight excluding hydrogens is 616 g/mol. The molecule has 0 fully saturated rings. The topological polar surface area (TPSA) is 194 Å². The highest BCUT2D eigenvalue weighted by molar-refractivity contribution is 5.89. The summed E-state index contributed by atoms with van der Waals surface area (Å²) < 4.78 is 33.7. The van der Waals surface area contributed by atoms with Gasteiger partial charge in [0.2, 0.25) is 0 Å². The van der Waals surface area contributed by atoms with Crippen LogP contribution in [-0.4, -0.2) is 114 Å². The van der Waals surface area contributed by atoms with Crippen molar-refractivity contribution >= 4 is 5.97 Å². The highest BCUT2D eigenvalue weighted by atomic mass is 16.6. The van der Waals surface area contributed by atoms with Gasteiger partial charge >= 0.3 is 5.97 Å². The van der Waals surface area contributed by atoms with Gasteiger partial charge in [-0.2, -0.15) is 0 Å². The van der Waals surface area contributed by atoms with Gasteiger partial charge in [-0.3, -0.25) is 0 Å². The Morgan fingerprint density at radius 3 is 1.32 bits per heavy atom. The highest BCUT2D eigenvalue weighted by Crippen LogP contribution is 2.25. The fraction of sp³-hybridized carbons (Fsp3) is 0.441. The Labute approximate surface area is 273 Å². The lowest BCUT2D eigenvalue weighted by molar-refractivity contribution is -0.106. The van der Waals surface area contributed by atoms with Crippen LogP contribution in [-0.2, 0) is 18.9 Å². The SMILES string of the molecule is CCC(COCC(O)COC(=O)c1ccc(O)cc1)(COCC(O)COc1ccc(O)cc1)COCC(O)COc1ccc(O)cc1. The predicted molar refractivity (Wildman–Crippen MR) is 169 cm³/mol. The third-order valence-electron chi connectivity index (χ3n) is 6.97. The third-order valence-corrected chi connectivity index (χ3v) is 6.97. The van der Waals surface area contributed by atoms with E-state index >= 15 is 0 Å². The molecule has 3 aromatic carbocycles. The molecule has 13 heteroatoms. The molecule has 0 bridgehead atoms. The molecule has 3 unspecified atom stereocenters. The summed E-state index contributed by atoms with van der Waals surface area (Å²) in [5.41, 5.74) is -0.515. The van der Waals surface area contributed by atoms with E-state index in [-0.39, 0.29) is 82.3 Å². The molecule has 47 heavy (non-hydrogen) atoms. The molecule has 258 valence electrons. The third kappa shape index (κ3) is 14.0. The molecule has 0 aliphatic carbocycles. The van der Waals surface area contributed by atoms with E-state index in [0.29, 0.717) is 17.9 Å². The average molecular weight is 661 g/mol. The molecule has 3 rings (SSSR count). The van der Waals surface area contributed by atoms with Crippen LogP contribution >= 0.6 is 0 Å². The van der Waals surface area contributed by atoms with Crippen LogP contribution in [0.5, 0.6) is 28.7 Å². The minimum absolute atomic E-state index is 0.0104. The largest absolute Gasteiger partial charge is 0.508 e. The number of ether oxygens (including phenoxy) is 6. The van der Waals surface area contributed by atoms with Crippen LogP contribution in [0.1, 0.15) is 23.7 Å². The molecule has 0 aliphatic heterocycles. The van der Waals surface area contributed by atoms with Crippen LogP contribution in [0, 0.1) is 5.41 Å². The number of rotatable bonds is 22. The number of carbonyl (C=O) groups is 1. The second-order valence-corrected chi connectivity index (χ2v) is 11.1. The summed E-state index contributed by atoms with van der Waals surface area (Å²) >= 11 is 0. The van der Waals surface area contributed by atoms with Crippen LogP contribution in [0.2, 0.25) is 0 Å². The standard InChI is InChI=1S/C34H44O13/c1-2-34(21-42-15-28(38)18-45-31-11-7-26(36)8-12-31,22-43-16-29(39)19-46-32-13-9-27(37)10-14-32)23-44-17-30(40)20-47-33(41)24-3-5-25(35)6-4-24/h3-14,28-30,35-40H,2,15-23H2,1H3. The van der Waals surface area contributed by atoms with E-state index in [1.165, 1.54) is 48.5 Å². The molecule has 0 spiro atoms. The van der Waals surface area contributed by atoms with Crippen LogP contribution in [0.4, 0.5) is 0 Å². The lowest BCUT2D eigenvalue weighted by atomic mass is 9.88. The molecule has 3 aromatic rings. The van der Waals surface area contributed by atoms with Crippen LogP contribution in [0.3, 0.4) is 0 Å². The van der Waals surface area contributed by atoms with Gasteiger partial charge in [-0.05, 0) is 79.2 Å². The summed E-state index contributed by atoms with van der Waals surface area (Å²) in [6.45, 7) is 1.52. The molecule has 0 saturated heterocycles. The first kappa shape index (κ1) is 37.3. The molecule has 0 heterocycles. The summed E-state index contributed by atoms with van der Waals surface area (Å²) in [6.07, 6.45) is -2.52. The van der Waals surface area contributed by atoms with Gasteiger partial charge in [-0.25, -0.2) is 4.79 Å². The van der Waals surface area contributed by atoms with Crippen molar-refractivity contribution in [1.29, 1.82) is 0 Å². The van der Waals surface area contributed by atoms with Gasteiger partial charge in [0, 0.05) is 5.41 Å². The van der Waals surface area contributed by atoms with Crippen molar-refractivity contribution in [1.82, 2.24) is 0 Å². The van der Waals surface area contributed by atoms with Gasteiger partial charge in [0.1, 0.15) is 66.9 Å². The molecule has 0 amide bonds. The summed E-state index contributed by atoms with van der Waals surface area (Å²) in [5, 5.41) is 59.3. The van der Waals surface area contributed by atoms with Gasteiger partial charge in [0.05, 0.1) is 45.2 Å². The first-order valence-electron chi connectivity index (χ1n) is 15.1. The number of hydrogen-bond acceptors (Lipinski definition) is 13. The summed E-state index contributed by atoms with van der Waals surface area (Å²) in [5.74, 6) is 0.507. The lowest BCUT2D eigenvalue weighted by Gasteiger charge is -2.33. The number of aliphatic hydroxyl groups excluding tert-OH is 3. The Hall–Kier alpha value is -4.11. The summed E-state index contributed by atoms with van der Waals surface area (Å²) in [4.78, 5) is 12.2. The number of carbonyl (C=O) groups excluding carboxylic acids is 1. The van der Waals surface area contributed by atoms with Crippen LogP contribution in [0.25, 0.3) is 0 Å². The fourth-order valence-electron chi connectivity index (χ4n) is 4.13. The maximum atomic E-state index is 12.2. The molecule has 13 nitrogen and oxygen atoms in total. The summed E-state index contributed by atoms with van der Waals surface area (Å²) in [7, 11) is 0. The minimum atomic E-state index is -1.12. The highest BCUT2D eigenvalue weighted by Gasteiger charge is 2.31. The van der Waals surface area contributed by atoms with Crippen LogP contribution in [0.15, 0.2) is 72.8 Å². The molecule has 0 aliphatic rings. The number of phenols is 3. The summed E-state index contributed by atoms with van der Waals surface area (Å²) in [6, 6.07) is 17.7. The molecular formula is C34H44O13. The zero-order chi connectivity index (χ0) is 34.1. The maximum absolute atomic E-state index is 12.2. The normalized spacial score (nSPS) is 14.5. The van der Waals surface area contributed by atoms with E-state index < -0.39 is 29.7 Å². The second-order valence-electron chi connectivity index (χ2n) is 11.1. The van der Waals surface area contributed by atoms with Crippen molar-refractivity contribution in [2.24, 2.45) is 5.41 Å². The van der Waals surface area contributed by atoms with Crippen molar-refractivity contribution in [2.45, 2.75) is 31.7 Å². The number of esters is 1. The Kier molecular flexibility index (Phi) is 15.5. The molecule has 0 aromatic heterocycles. The van der Waals surface area contributed by atoms with Gasteiger partial charge in [-0.1, -0.05) is 6.92 Å². The fourth-order valence-corrected chi connectivity index (χ4v) is 4.13. The quantitative estimate of drug-likeness (QED) is 0.0863. The van der Waals surface area contributed by atoms with E-state index in [2.05, 4.69) is 0 Å². The minimum Gasteiger partial charge on any atom is -0.508 e. The van der Waals surface area contributed by atoms with Crippen molar-refractivity contribution in [3.05, 3.63) is 78.4 Å². The Morgan fingerprint density at radius 1 is 0.574 bits per heavy atom. The lowest BCUT2D eigenvalue weighted by Crippen LogP contribution is -2.40. The van der Waals surface area contributed by atoms with E-state index in [9.17, 15) is 35.4 Å². The van der Waals surface area contributed by atoms with Gasteiger partial charge < -0.3 is 59.1 Å². The Balaban J connectivity index is 1.48. The van der Waals surface area contributed by atoms with Crippen molar-refractivity contribution in [3.63, 3.8) is 0 Å². The number of benzene rings is 3. The van der Waals surface area contributed by atoms with Gasteiger partial charge in [0.15, 0.2) is 0 Å². The second kappa shape index (κ2) is 19.5. The van der Waals surface area contributed by atoms with Crippen molar-refractivity contribution in [2.75, 3.05) is 59.5 Å².